The second-order valence-corrected chi connectivity index (χ2v) is 3.85. The molecule has 0 aliphatic heterocycles. The summed E-state index contributed by atoms with van der Waals surface area (Å²) in [5.74, 6) is 0.897. The van der Waals surface area contributed by atoms with Gasteiger partial charge in [-0.15, -0.1) is 0 Å². The predicted molar refractivity (Wildman–Crippen MR) is 39.6 cm³/mol. The van der Waals surface area contributed by atoms with E-state index in [1.807, 2.05) is 0 Å². The minimum Gasteiger partial charge on any atom is -0.298 e. The normalized spacial score (nSPS) is 43.7. The molecule has 1 saturated carbocycles. The molecule has 0 aromatic rings. The molecule has 1 fully saturated rings. The molecule has 0 saturated heterocycles. The Balaban J connectivity index is 2.31. The van der Waals surface area contributed by atoms with E-state index in [-0.39, 0.29) is 5.41 Å². The Kier molecular flexibility index (Phi) is 1.05. The third-order valence-electron chi connectivity index (χ3n) is 2.97. The quantitative estimate of drug-likeness (QED) is 0.503. The lowest BCUT2D eigenvalue weighted by Gasteiger charge is -2.49. The molecule has 0 aromatic heterocycles. The summed E-state index contributed by atoms with van der Waals surface area (Å²) in [6, 6.07) is 0. The van der Waals surface area contributed by atoms with Crippen molar-refractivity contribution in [1.82, 2.24) is 0 Å². The summed E-state index contributed by atoms with van der Waals surface area (Å²) in [5.41, 5.74) is 1.33. The van der Waals surface area contributed by atoms with Crippen molar-refractivity contribution in [2.45, 2.75) is 26.2 Å². The first-order chi connectivity index (χ1) is 4.74. The van der Waals surface area contributed by atoms with Gasteiger partial charge in [0.05, 0.1) is 0 Å². The lowest BCUT2D eigenvalue weighted by atomic mass is 9.55. The molecule has 3 aliphatic rings. The molecule has 0 atom stereocenters. The molecule has 0 N–H and O–H groups in total. The standard InChI is InChI=1S/C9H12O/c1-9-4-7(5-9)2-3-8(9)6-10/h3,6-7H,2,4-5H2,1H3. The van der Waals surface area contributed by atoms with Gasteiger partial charge in [0.2, 0.25) is 0 Å². The van der Waals surface area contributed by atoms with Crippen molar-refractivity contribution in [3.63, 3.8) is 0 Å². The molecular formula is C9H12O. The van der Waals surface area contributed by atoms with E-state index in [0.29, 0.717) is 0 Å². The fourth-order valence-electron chi connectivity index (χ4n) is 2.35. The molecule has 10 heavy (non-hydrogen) atoms. The van der Waals surface area contributed by atoms with Crippen LogP contribution in [0.3, 0.4) is 0 Å². The maximum Gasteiger partial charge on any atom is 0.146 e. The Bertz CT molecular complexity index is 197. The molecule has 2 bridgehead atoms. The van der Waals surface area contributed by atoms with Crippen molar-refractivity contribution >= 4 is 6.29 Å². The lowest BCUT2D eigenvalue weighted by molar-refractivity contribution is -0.107. The van der Waals surface area contributed by atoms with Crippen molar-refractivity contribution < 1.29 is 4.79 Å². The average Bonchev–Trinajstić information content (AvgIpc) is 1.86. The molecule has 0 unspecified atom stereocenters. The first-order valence-corrected chi connectivity index (χ1v) is 3.90. The van der Waals surface area contributed by atoms with Gasteiger partial charge < -0.3 is 0 Å². The number of allylic oxidation sites excluding steroid dienone is 2. The molecular weight excluding hydrogens is 124 g/mol. The van der Waals surface area contributed by atoms with Crippen molar-refractivity contribution in [1.29, 1.82) is 0 Å². The van der Waals surface area contributed by atoms with Crippen molar-refractivity contribution in [2.24, 2.45) is 11.3 Å². The monoisotopic (exact) mass is 136 g/mol. The van der Waals surface area contributed by atoms with Gasteiger partial charge >= 0.3 is 0 Å². The van der Waals surface area contributed by atoms with Crippen LogP contribution < -0.4 is 0 Å². The van der Waals surface area contributed by atoms with Gasteiger partial charge in [-0.05, 0) is 36.2 Å². The van der Waals surface area contributed by atoms with Crippen LogP contribution >= 0.6 is 0 Å². The van der Waals surface area contributed by atoms with E-state index in [0.717, 1.165) is 24.2 Å². The summed E-state index contributed by atoms with van der Waals surface area (Å²) in [5, 5.41) is 0. The zero-order chi connectivity index (χ0) is 7.19. The number of rotatable bonds is 1. The van der Waals surface area contributed by atoms with Gasteiger partial charge in [-0.2, -0.15) is 0 Å². The van der Waals surface area contributed by atoms with Gasteiger partial charge in [0, 0.05) is 0 Å². The number of aldehydes is 1. The number of carbonyl (C=O) groups excluding carboxylic acids is 1. The fraction of sp³-hybridized carbons (Fsp3) is 0.667. The van der Waals surface area contributed by atoms with Gasteiger partial charge in [0.25, 0.3) is 0 Å². The highest BCUT2D eigenvalue weighted by Gasteiger charge is 2.45. The SMILES string of the molecule is CC12CC(CC=C1C=O)C2. The highest BCUT2D eigenvalue weighted by Crippen LogP contribution is 2.54. The Labute approximate surface area is 61.1 Å². The predicted octanol–water partition coefficient (Wildman–Crippen LogP) is 1.93. The molecule has 3 rings (SSSR count). The Morgan fingerprint density at radius 2 is 2.40 bits per heavy atom. The first kappa shape index (κ1) is 6.14. The molecule has 0 amide bonds. The van der Waals surface area contributed by atoms with Crippen LogP contribution in [0.1, 0.15) is 26.2 Å². The van der Waals surface area contributed by atoms with Gasteiger partial charge in [-0.3, -0.25) is 4.79 Å². The summed E-state index contributed by atoms with van der Waals surface area (Å²) in [7, 11) is 0. The average molecular weight is 136 g/mol. The maximum atomic E-state index is 10.5. The number of fused-ring (bicyclic) bond motifs is 1. The van der Waals surface area contributed by atoms with Crippen molar-refractivity contribution in [3.8, 4) is 0 Å². The van der Waals surface area contributed by atoms with Crippen molar-refractivity contribution in [2.75, 3.05) is 0 Å². The van der Waals surface area contributed by atoms with E-state index >= 15 is 0 Å². The molecule has 0 radical (unpaired) electrons. The van der Waals surface area contributed by atoms with Gasteiger partial charge in [-0.25, -0.2) is 0 Å². The summed E-state index contributed by atoms with van der Waals surface area (Å²) < 4.78 is 0. The second-order valence-electron chi connectivity index (χ2n) is 3.85. The van der Waals surface area contributed by atoms with E-state index in [9.17, 15) is 4.79 Å². The van der Waals surface area contributed by atoms with E-state index in [1.165, 1.54) is 12.8 Å². The zero-order valence-electron chi connectivity index (χ0n) is 6.26. The van der Waals surface area contributed by atoms with Crippen LogP contribution in [0.2, 0.25) is 0 Å². The third-order valence-corrected chi connectivity index (χ3v) is 2.97. The Morgan fingerprint density at radius 1 is 1.70 bits per heavy atom. The molecule has 0 heterocycles. The molecule has 1 heteroatoms. The van der Waals surface area contributed by atoms with Crippen LogP contribution in [-0.4, -0.2) is 6.29 Å². The van der Waals surface area contributed by atoms with Crippen LogP contribution in [0.4, 0.5) is 0 Å². The smallest absolute Gasteiger partial charge is 0.146 e. The van der Waals surface area contributed by atoms with Crippen LogP contribution in [0.25, 0.3) is 0 Å². The summed E-state index contributed by atoms with van der Waals surface area (Å²) in [6.45, 7) is 2.20. The van der Waals surface area contributed by atoms with E-state index in [1.54, 1.807) is 0 Å². The van der Waals surface area contributed by atoms with Gasteiger partial charge in [-0.1, -0.05) is 13.0 Å². The first-order valence-electron chi connectivity index (χ1n) is 3.90. The minimum atomic E-state index is 0.282. The highest BCUT2D eigenvalue weighted by molar-refractivity contribution is 5.76. The van der Waals surface area contributed by atoms with E-state index < -0.39 is 0 Å². The van der Waals surface area contributed by atoms with Crippen LogP contribution in [-0.2, 0) is 4.79 Å². The molecule has 1 nitrogen and oxygen atoms in total. The van der Waals surface area contributed by atoms with Crippen molar-refractivity contribution in [3.05, 3.63) is 11.6 Å². The number of hydrogen-bond donors (Lipinski definition) is 0. The lowest BCUT2D eigenvalue weighted by Crippen LogP contribution is -2.39. The number of hydrogen-bond acceptors (Lipinski definition) is 1. The largest absolute Gasteiger partial charge is 0.298 e. The summed E-state index contributed by atoms with van der Waals surface area (Å²) >= 11 is 0. The van der Waals surface area contributed by atoms with Crippen LogP contribution in [0, 0.1) is 11.3 Å². The Hall–Kier alpha value is -0.590. The van der Waals surface area contributed by atoms with Crippen LogP contribution in [0.5, 0.6) is 0 Å². The van der Waals surface area contributed by atoms with Crippen LogP contribution in [0.15, 0.2) is 11.6 Å². The fourth-order valence-corrected chi connectivity index (χ4v) is 2.35. The summed E-state index contributed by atoms with van der Waals surface area (Å²) in [6.07, 6.45) is 6.79. The van der Waals surface area contributed by atoms with Gasteiger partial charge in [0.15, 0.2) is 0 Å². The van der Waals surface area contributed by atoms with E-state index in [4.69, 9.17) is 0 Å². The number of carbonyl (C=O) groups is 1. The molecule has 3 aliphatic carbocycles. The highest BCUT2D eigenvalue weighted by atomic mass is 16.1. The molecule has 54 valence electrons. The second kappa shape index (κ2) is 1.71. The maximum absolute atomic E-state index is 10.5. The summed E-state index contributed by atoms with van der Waals surface area (Å²) in [4.78, 5) is 10.5. The zero-order valence-corrected chi connectivity index (χ0v) is 6.26. The molecule has 0 spiro atoms. The minimum absolute atomic E-state index is 0.282. The van der Waals surface area contributed by atoms with Gasteiger partial charge in [0.1, 0.15) is 6.29 Å². The third kappa shape index (κ3) is 0.606. The molecule has 0 aromatic carbocycles. The Morgan fingerprint density at radius 3 is 2.80 bits per heavy atom. The topological polar surface area (TPSA) is 17.1 Å². The van der Waals surface area contributed by atoms with E-state index in [2.05, 4.69) is 13.0 Å².